The van der Waals surface area contributed by atoms with Crippen LogP contribution in [0, 0.1) is 0 Å². The molecule has 174 valence electrons. The second kappa shape index (κ2) is 10.2. The van der Waals surface area contributed by atoms with Gasteiger partial charge in [-0.1, -0.05) is 30.3 Å². The lowest BCUT2D eigenvalue weighted by atomic mass is 10.1. The molecule has 34 heavy (non-hydrogen) atoms. The number of hydrogen-bond donors (Lipinski definition) is 2. The molecular weight excluding hydrogens is 430 g/mol. The van der Waals surface area contributed by atoms with E-state index in [1.807, 2.05) is 38.1 Å². The van der Waals surface area contributed by atoms with Gasteiger partial charge in [0.15, 0.2) is 6.10 Å². The van der Waals surface area contributed by atoms with E-state index in [1.165, 1.54) is 0 Å². The van der Waals surface area contributed by atoms with E-state index in [-0.39, 0.29) is 17.7 Å². The molecule has 3 amide bonds. The van der Waals surface area contributed by atoms with Crippen LogP contribution in [-0.2, 0) is 11.2 Å². The molecule has 2 N–H and O–H groups in total. The van der Waals surface area contributed by atoms with Crippen LogP contribution in [0.1, 0.15) is 40.1 Å². The zero-order chi connectivity index (χ0) is 24.1. The largest absolute Gasteiger partial charge is 0.480 e. The smallest absolute Gasteiger partial charge is 0.265 e. The predicted octanol–water partition coefficient (Wildman–Crippen LogP) is 4.36. The standard InChI is InChI=1S/C27H27N3O4/c1-3-30(4-2)27(33)20-11-8-13-22(16-20)28-25(31)19-10-7-12-21(15-19)29-26(32)24-17-18-9-5-6-14-23(18)34-24/h5-16,24H,3-4,17H2,1-2H3,(H,28,31)(H,29,32). The monoisotopic (exact) mass is 457 g/mol. The van der Waals surface area contributed by atoms with Crippen LogP contribution in [-0.4, -0.2) is 41.8 Å². The van der Waals surface area contributed by atoms with E-state index < -0.39 is 6.10 Å². The average molecular weight is 458 g/mol. The highest BCUT2D eigenvalue weighted by molar-refractivity contribution is 6.06. The maximum Gasteiger partial charge on any atom is 0.265 e. The first-order valence-corrected chi connectivity index (χ1v) is 11.3. The number of nitrogens with one attached hydrogen (secondary N) is 2. The number of fused-ring (bicyclic) bond motifs is 1. The summed E-state index contributed by atoms with van der Waals surface area (Å²) in [6.07, 6.45) is -0.106. The second-order valence-electron chi connectivity index (χ2n) is 8.00. The van der Waals surface area contributed by atoms with Gasteiger partial charge in [-0.25, -0.2) is 0 Å². The first-order valence-electron chi connectivity index (χ1n) is 11.3. The first kappa shape index (κ1) is 23.0. The third-order valence-electron chi connectivity index (χ3n) is 5.75. The van der Waals surface area contributed by atoms with Crippen molar-refractivity contribution in [1.29, 1.82) is 0 Å². The molecule has 1 unspecified atom stereocenters. The Balaban J connectivity index is 1.41. The maximum absolute atomic E-state index is 12.8. The minimum absolute atomic E-state index is 0.0814. The van der Waals surface area contributed by atoms with Crippen molar-refractivity contribution in [3.05, 3.63) is 89.5 Å². The van der Waals surface area contributed by atoms with Gasteiger partial charge in [0.2, 0.25) is 0 Å². The summed E-state index contributed by atoms with van der Waals surface area (Å²) in [7, 11) is 0. The van der Waals surface area contributed by atoms with Crippen molar-refractivity contribution >= 4 is 29.1 Å². The van der Waals surface area contributed by atoms with E-state index in [1.54, 1.807) is 53.4 Å². The molecule has 7 heteroatoms. The van der Waals surface area contributed by atoms with Crippen LogP contribution in [0.15, 0.2) is 72.8 Å². The summed E-state index contributed by atoms with van der Waals surface area (Å²) < 4.78 is 5.74. The Bertz CT molecular complexity index is 1190. The molecule has 0 radical (unpaired) electrons. The summed E-state index contributed by atoms with van der Waals surface area (Å²) in [6, 6.07) is 21.1. The van der Waals surface area contributed by atoms with Crippen molar-refractivity contribution in [3.63, 3.8) is 0 Å². The number of para-hydroxylation sites is 1. The van der Waals surface area contributed by atoms with Crippen molar-refractivity contribution in [1.82, 2.24) is 4.90 Å². The van der Waals surface area contributed by atoms with Crippen LogP contribution in [0.25, 0.3) is 0 Å². The first-order chi connectivity index (χ1) is 16.5. The van der Waals surface area contributed by atoms with Gasteiger partial charge in [0.1, 0.15) is 5.75 Å². The van der Waals surface area contributed by atoms with Crippen molar-refractivity contribution < 1.29 is 19.1 Å². The number of nitrogens with zero attached hydrogens (tertiary/aromatic N) is 1. The summed E-state index contributed by atoms with van der Waals surface area (Å²) in [5, 5.41) is 5.66. The molecule has 0 aliphatic carbocycles. The lowest BCUT2D eigenvalue weighted by Crippen LogP contribution is -2.31. The van der Waals surface area contributed by atoms with Crippen LogP contribution < -0.4 is 15.4 Å². The summed E-state index contributed by atoms with van der Waals surface area (Å²) in [4.78, 5) is 39.9. The Morgan fingerprint density at radius 1 is 0.853 bits per heavy atom. The highest BCUT2D eigenvalue weighted by Gasteiger charge is 2.28. The molecule has 0 fully saturated rings. The van der Waals surface area contributed by atoms with Gasteiger partial charge in [-0.15, -0.1) is 0 Å². The van der Waals surface area contributed by atoms with Gasteiger partial charge in [0, 0.05) is 42.0 Å². The molecular formula is C27H27N3O4. The Labute approximate surface area is 198 Å². The van der Waals surface area contributed by atoms with E-state index in [2.05, 4.69) is 10.6 Å². The van der Waals surface area contributed by atoms with Crippen LogP contribution >= 0.6 is 0 Å². The van der Waals surface area contributed by atoms with Crippen LogP contribution in [0.2, 0.25) is 0 Å². The van der Waals surface area contributed by atoms with Crippen molar-refractivity contribution in [3.8, 4) is 5.75 Å². The predicted molar refractivity (Wildman–Crippen MR) is 131 cm³/mol. The molecule has 1 heterocycles. The van der Waals surface area contributed by atoms with Crippen LogP contribution in [0.4, 0.5) is 11.4 Å². The van der Waals surface area contributed by atoms with E-state index in [0.29, 0.717) is 42.0 Å². The molecule has 0 saturated heterocycles. The molecule has 1 aliphatic rings. The van der Waals surface area contributed by atoms with Gasteiger partial charge in [0.25, 0.3) is 17.7 Å². The van der Waals surface area contributed by atoms with Gasteiger partial charge in [0.05, 0.1) is 0 Å². The third-order valence-corrected chi connectivity index (χ3v) is 5.75. The topological polar surface area (TPSA) is 87.7 Å². The summed E-state index contributed by atoms with van der Waals surface area (Å²) in [5.74, 6) is 0.0315. The normalized spacial score (nSPS) is 14.0. The Kier molecular flexibility index (Phi) is 6.92. The number of rotatable bonds is 7. The SMILES string of the molecule is CCN(CC)C(=O)c1cccc(NC(=O)c2cccc(NC(=O)C3Cc4ccccc4O3)c2)c1. The molecule has 7 nitrogen and oxygen atoms in total. The number of anilines is 2. The quantitative estimate of drug-likeness (QED) is 0.552. The molecule has 0 aromatic heterocycles. The molecule has 3 aromatic rings. The number of hydrogen-bond acceptors (Lipinski definition) is 4. The van der Waals surface area contributed by atoms with Gasteiger partial charge >= 0.3 is 0 Å². The Morgan fingerprint density at radius 2 is 1.50 bits per heavy atom. The fourth-order valence-electron chi connectivity index (χ4n) is 3.92. The number of carbonyl (C=O) groups is 3. The molecule has 1 atom stereocenters. The number of ether oxygens (including phenoxy) is 1. The minimum atomic E-state index is -0.610. The maximum atomic E-state index is 12.8. The minimum Gasteiger partial charge on any atom is -0.480 e. The third kappa shape index (κ3) is 5.09. The van der Waals surface area contributed by atoms with E-state index >= 15 is 0 Å². The van der Waals surface area contributed by atoms with E-state index in [4.69, 9.17) is 4.74 Å². The second-order valence-corrected chi connectivity index (χ2v) is 8.00. The number of carbonyl (C=O) groups excluding carboxylic acids is 3. The summed E-state index contributed by atoms with van der Waals surface area (Å²) in [5.41, 5.74) is 2.92. The van der Waals surface area contributed by atoms with Crippen molar-refractivity contribution in [2.24, 2.45) is 0 Å². The summed E-state index contributed by atoms with van der Waals surface area (Å²) >= 11 is 0. The van der Waals surface area contributed by atoms with E-state index in [9.17, 15) is 14.4 Å². The lowest BCUT2D eigenvalue weighted by Gasteiger charge is -2.19. The molecule has 1 aliphatic heterocycles. The van der Waals surface area contributed by atoms with Crippen LogP contribution in [0.5, 0.6) is 5.75 Å². The van der Waals surface area contributed by atoms with Gasteiger partial charge in [-0.2, -0.15) is 0 Å². The molecule has 0 bridgehead atoms. The highest BCUT2D eigenvalue weighted by atomic mass is 16.5. The number of amides is 3. The fourth-order valence-corrected chi connectivity index (χ4v) is 3.92. The van der Waals surface area contributed by atoms with Gasteiger partial charge in [-0.05, 0) is 61.9 Å². The Hall–Kier alpha value is -4.13. The van der Waals surface area contributed by atoms with Gasteiger partial charge < -0.3 is 20.3 Å². The van der Waals surface area contributed by atoms with Crippen molar-refractivity contribution in [2.75, 3.05) is 23.7 Å². The Morgan fingerprint density at radius 3 is 2.21 bits per heavy atom. The van der Waals surface area contributed by atoms with Crippen molar-refractivity contribution in [2.45, 2.75) is 26.4 Å². The molecule has 4 rings (SSSR count). The molecule has 0 spiro atoms. The molecule has 0 saturated carbocycles. The number of benzene rings is 3. The average Bonchev–Trinajstić information content (AvgIpc) is 3.30. The lowest BCUT2D eigenvalue weighted by molar-refractivity contribution is -0.122. The zero-order valence-electron chi connectivity index (χ0n) is 19.2. The fraction of sp³-hybridized carbons (Fsp3) is 0.222. The van der Waals surface area contributed by atoms with Crippen LogP contribution in [0.3, 0.4) is 0 Å². The van der Waals surface area contributed by atoms with Gasteiger partial charge in [-0.3, -0.25) is 14.4 Å². The summed E-state index contributed by atoms with van der Waals surface area (Å²) in [6.45, 7) is 5.08. The zero-order valence-corrected chi connectivity index (χ0v) is 19.2. The van der Waals surface area contributed by atoms with E-state index in [0.717, 1.165) is 11.3 Å². The molecule has 3 aromatic carbocycles. The highest BCUT2D eigenvalue weighted by Crippen LogP contribution is 2.28.